The minimum atomic E-state index is -1.67. The summed E-state index contributed by atoms with van der Waals surface area (Å²) in [4.78, 5) is 112. The predicted molar refractivity (Wildman–Crippen MR) is 230 cm³/mol. The van der Waals surface area contributed by atoms with Crippen LogP contribution in [-0.4, -0.2) is 128 Å². The van der Waals surface area contributed by atoms with E-state index in [1.165, 1.54) is 24.3 Å². The van der Waals surface area contributed by atoms with E-state index in [-0.39, 0.29) is 28.6 Å². The molecule has 0 aliphatic carbocycles. The van der Waals surface area contributed by atoms with E-state index < -0.39 is 134 Å². The molecular formula is C48H48O23. The normalized spacial score (nSPS) is 26.8. The van der Waals surface area contributed by atoms with Gasteiger partial charge in [0.1, 0.15) is 48.4 Å². The van der Waals surface area contributed by atoms with E-state index in [2.05, 4.69) is 0 Å². The first kappa shape index (κ1) is 51.1. The Morgan fingerprint density at radius 3 is 1.24 bits per heavy atom. The van der Waals surface area contributed by atoms with E-state index in [1.807, 2.05) is 0 Å². The highest BCUT2D eigenvalue weighted by Gasteiger charge is 2.57. The molecule has 3 aromatic rings. The summed E-state index contributed by atoms with van der Waals surface area (Å²) in [6, 6.07) is 15.5. The lowest BCUT2D eigenvalue weighted by Gasteiger charge is -2.44. The number of esters is 9. The zero-order chi connectivity index (χ0) is 51.5. The molecule has 4 heterocycles. The summed E-state index contributed by atoms with van der Waals surface area (Å²) in [6.45, 7) is 7.70. The van der Waals surface area contributed by atoms with Gasteiger partial charge in [-0.05, 0) is 30.3 Å². The van der Waals surface area contributed by atoms with Crippen molar-refractivity contribution in [2.45, 2.75) is 122 Å². The van der Waals surface area contributed by atoms with Crippen LogP contribution in [0, 0.1) is 0 Å². The molecule has 10 atom stereocenters. The second-order valence-corrected chi connectivity index (χ2v) is 16.4. The number of ether oxygens (including phenoxy) is 14. The Kier molecular flexibility index (Phi) is 15.1. The van der Waals surface area contributed by atoms with Crippen LogP contribution in [0.15, 0.2) is 60.7 Å². The predicted octanol–water partition coefficient (Wildman–Crippen LogP) is 3.18. The Labute approximate surface area is 404 Å². The summed E-state index contributed by atoms with van der Waals surface area (Å²) in [5.74, 6) is -7.17. The average Bonchev–Trinajstić information content (AvgIpc) is 3.57. The second kappa shape index (κ2) is 21.1. The molecule has 4 aliphatic heterocycles. The molecule has 0 radical (unpaired) electrons. The summed E-state index contributed by atoms with van der Waals surface area (Å²) in [5, 5.41) is 0. The SMILES string of the molecule is CC(=O)OC[C@H]1O[C@@H](Oc2ccc3c(c2)Oc2cc(O[C@@H]4O[C@H](COC(C)=O)[C@H](OC(C)=O)[C@H](OC(C)=O)[C@H]4OC(C)=O)ccc2C32OC(=O)c3ccccc32)[C@H](OC(C)=O)[C@@H](OC(C)=O)[C@H]1OC(C)=O. The molecule has 4 aliphatic rings. The van der Waals surface area contributed by atoms with Crippen molar-refractivity contribution in [3.8, 4) is 23.0 Å². The smallest absolute Gasteiger partial charge is 0.340 e. The lowest BCUT2D eigenvalue weighted by molar-refractivity contribution is -0.288. The van der Waals surface area contributed by atoms with Crippen LogP contribution in [0.25, 0.3) is 0 Å². The van der Waals surface area contributed by atoms with Gasteiger partial charge in [-0.3, -0.25) is 38.4 Å². The number of benzene rings is 3. The van der Waals surface area contributed by atoms with Gasteiger partial charge in [-0.1, -0.05) is 18.2 Å². The monoisotopic (exact) mass is 992 g/mol. The van der Waals surface area contributed by atoms with Gasteiger partial charge in [-0.25, -0.2) is 4.79 Å². The summed E-state index contributed by atoms with van der Waals surface area (Å²) in [7, 11) is 0. The molecule has 1 spiro atoms. The number of rotatable bonds is 14. The van der Waals surface area contributed by atoms with Gasteiger partial charge >= 0.3 is 53.7 Å². The number of fused-ring (bicyclic) bond motifs is 6. The number of hydrogen-bond donors (Lipinski definition) is 0. The first-order valence-corrected chi connectivity index (χ1v) is 21.9. The van der Waals surface area contributed by atoms with E-state index in [4.69, 9.17) is 66.3 Å². The summed E-state index contributed by atoms with van der Waals surface area (Å²) in [5.41, 5.74) is -0.383. The van der Waals surface area contributed by atoms with E-state index in [0.717, 1.165) is 55.4 Å². The van der Waals surface area contributed by atoms with Gasteiger partial charge in [0.2, 0.25) is 24.8 Å². The van der Waals surface area contributed by atoms with Gasteiger partial charge in [0.05, 0.1) is 5.56 Å². The number of carbonyl (C=O) groups excluding carboxylic acids is 9. The summed E-state index contributed by atoms with van der Waals surface area (Å²) < 4.78 is 81.3. The molecule has 2 fully saturated rings. The van der Waals surface area contributed by atoms with Crippen LogP contribution < -0.4 is 14.2 Å². The van der Waals surface area contributed by atoms with E-state index >= 15 is 0 Å². The average molecular weight is 993 g/mol. The molecule has 0 bridgehead atoms. The van der Waals surface area contributed by atoms with Crippen LogP contribution in [0.4, 0.5) is 0 Å². The zero-order valence-electron chi connectivity index (χ0n) is 39.4. The quantitative estimate of drug-likeness (QED) is 0.166. The van der Waals surface area contributed by atoms with E-state index in [1.54, 1.807) is 36.4 Å². The molecule has 23 nitrogen and oxygen atoms in total. The lowest BCUT2D eigenvalue weighted by Crippen LogP contribution is -2.63. The second-order valence-electron chi connectivity index (χ2n) is 16.4. The third-order valence-corrected chi connectivity index (χ3v) is 11.1. The summed E-state index contributed by atoms with van der Waals surface area (Å²) in [6.07, 6.45) is -15.1. The molecule has 23 heteroatoms. The van der Waals surface area contributed by atoms with Gasteiger partial charge in [0.15, 0.2) is 30.0 Å². The van der Waals surface area contributed by atoms with Gasteiger partial charge in [0, 0.05) is 84.2 Å². The van der Waals surface area contributed by atoms with Crippen molar-refractivity contribution >= 4 is 53.7 Å². The molecule has 378 valence electrons. The van der Waals surface area contributed by atoms with Gasteiger partial charge < -0.3 is 66.3 Å². The van der Waals surface area contributed by atoms with Crippen LogP contribution in [0.5, 0.6) is 23.0 Å². The van der Waals surface area contributed by atoms with Gasteiger partial charge in [0.25, 0.3) is 0 Å². The Balaban J connectivity index is 1.29. The largest absolute Gasteiger partial charge is 0.463 e. The third-order valence-electron chi connectivity index (χ3n) is 11.1. The Morgan fingerprint density at radius 1 is 0.465 bits per heavy atom. The summed E-state index contributed by atoms with van der Waals surface area (Å²) >= 11 is 0. The molecule has 0 aromatic heterocycles. The highest BCUT2D eigenvalue weighted by molar-refractivity contribution is 5.97. The topological polar surface area (TPSA) is 283 Å². The van der Waals surface area contributed by atoms with Crippen molar-refractivity contribution < 1.29 is 109 Å². The fourth-order valence-electron chi connectivity index (χ4n) is 8.62. The lowest BCUT2D eigenvalue weighted by atomic mass is 9.77. The van der Waals surface area contributed by atoms with Crippen molar-refractivity contribution in [1.29, 1.82) is 0 Å². The fourth-order valence-corrected chi connectivity index (χ4v) is 8.62. The van der Waals surface area contributed by atoms with Crippen molar-refractivity contribution in [3.05, 3.63) is 82.9 Å². The third kappa shape index (κ3) is 11.2. The molecule has 0 N–H and O–H groups in total. The maximum absolute atomic E-state index is 13.7. The van der Waals surface area contributed by atoms with Crippen molar-refractivity contribution in [1.82, 2.24) is 0 Å². The first-order chi connectivity index (χ1) is 33.6. The molecule has 0 saturated carbocycles. The maximum Gasteiger partial charge on any atom is 0.340 e. The van der Waals surface area contributed by atoms with Crippen LogP contribution in [0.2, 0.25) is 0 Å². The standard InChI is InChI=1S/C48H48O23/c1-21(49)58-19-37-39(60-23(3)51)41(62-25(5)53)43(64-27(7)55)46(69-37)66-29-13-15-33-35(17-29)68-36-18-30(14-16-34(36)48(33)32-12-10-9-11-31(32)45(57)71-48)67-47-44(65-28(8)56)42(63-26(6)54)40(61-24(4)52)38(70-47)20-59-22(2)50/h9-18,37-44,46-47H,19-20H2,1-8H3/t37-,38-,39+,40+,41+,42+,43-,44-,46-,47-/m1/s1. The minimum Gasteiger partial charge on any atom is -0.463 e. The molecule has 0 unspecified atom stereocenters. The van der Waals surface area contributed by atoms with Crippen LogP contribution in [0.3, 0.4) is 0 Å². The molecule has 71 heavy (non-hydrogen) atoms. The highest BCUT2D eigenvalue weighted by Crippen LogP contribution is 2.57. The van der Waals surface area contributed by atoms with Gasteiger partial charge in [-0.2, -0.15) is 0 Å². The van der Waals surface area contributed by atoms with E-state index in [9.17, 15) is 43.2 Å². The van der Waals surface area contributed by atoms with Gasteiger partial charge in [-0.15, -0.1) is 0 Å². The fraction of sp³-hybridized carbons (Fsp3) is 0.438. The Hall–Kier alpha value is -7.79. The molecule has 7 rings (SSSR count). The van der Waals surface area contributed by atoms with Crippen molar-refractivity contribution in [3.63, 3.8) is 0 Å². The number of hydrogen-bond acceptors (Lipinski definition) is 23. The van der Waals surface area contributed by atoms with Crippen LogP contribution in [-0.2, 0) is 96.1 Å². The van der Waals surface area contributed by atoms with Crippen molar-refractivity contribution in [2.24, 2.45) is 0 Å². The molecule has 0 amide bonds. The highest BCUT2D eigenvalue weighted by atomic mass is 16.7. The maximum atomic E-state index is 13.7. The molecule has 2 saturated heterocycles. The first-order valence-electron chi connectivity index (χ1n) is 21.9. The van der Waals surface area contributed by atoms with E-state index in [0.29, 0.717) is 16.7 Å². The van der Waals surface area contributed by atoms with Crippen LogP contribution >= 0.6 is 0 Å². The Bertz CT molecular complexity index is 2480. The molecule has 3 aromatic carbocycles. The Morgan fingerprint density at radius 2 is 0.845 bits per heavy atom. The molecular weight excluding hydrogens is 945 g/mol. The minimum absolute atomic E-state index is 0.0224. The van der Waals surface area contributed by atoms with Crippen LogP contribution in [0.1, 0.15) is 82.4 Å². The zero-order valence-corrected chi connectivity index (χ0v) is 39.4. The van der Waals surface area contributed by atoms with Crippen molar-refractivity contribution in [2.75, 3.05) is 13.2 Å². The number of carbonyl (C=O) groups is 9.